The van der Waals surface area contributed by atoms with Crippen molar-refractivity contribution < 1.29 is 9.18 Å². The van der Waals surface area contributed by atoms with Crippen molar-refractivity contribution in [1.29, 1.82) is 0 Å². The van der Waals surface area contributed by atoms with Gasteiger partial charge in [-0.1, -0.05) is 18.2 Å². The Labute approximate surface area is 173 Å². The highest BCUT2D eigenvalue weighted by Gasteiger charge is 2.08. The number of nitrogens with one attached hydrogen (secondary N) is 1. The number of aromatic nitrogens is 4. The molecule has 0 fully saturated rings. The summed E-state index contributed by atoms with van der Waals surface area (Å²) in [6, 6.07) is 14.1. The standard InChI is InChI=1S/C23H20FN5O/c1-16-8-18(10-19(24)9-16)12-21(30)11-17-2-4-20(5-3-17)28-22-13-23(27-14-26-22)29-7-6-25-15-29/h2-10,13-15H,11-12H2,1H3,(H,26,27,28). The SMILES string of the molecule is Cc1cc(F)cc(CC(=O)Cc2ccc(Nc3cc(-n4ccnc4)ncn3)cc2)c1. The van der Waals surface area contributed by atoms with Crippen LogP contribution in [0.15, 0.2) is 73.6 Å². The molecule has 2 aromatic heterocycles. The van der Waals surface area contributed by atoms with Gasteiger partial charge in [0.1, 0.15) is 35.9 Å². The fraction of sp³-hybridized carbons (Fsp3) is 0.130. The summed E-state index contributed by atoms with van der Waals surface area (Å²) in [5.41, 5.74) is 3.27. The fourth-order valence-electron chi connectivity index (χ4n) is 3.24. The van der Waals surface area contributed by atoms with Crippen LogP contribution in [-0.4, -0.2) is 25.3 Å². The van der Waals surface area contributed by atoms with Gasteiger partial charge in [0.25, 0.3) is 0 Å². The lowest BCUT2D eigenvalue weighted by molar-refractivity contribution is -0.117. The molecule has 0 atom stereocenters. The van der Waals surface area contributed by atoms with Crippen molar-refractivity contribution >= 4 is 17.3 Å². The van der Waals surface area contributed by atoms with Crippen LogP contribution in [0.3, 0.4) is 0 Å². The Kier molecular flexibility index (Phi) is 5.61. The van der Waals surface area contributed by atoms with Crippen LogP contribution in [0.5, 0.6) is 0 Å². The first kappa shape index (κ1) is 19.4. The van der Waals surface area contributed by atoms with Crippen molar-refractivity contribution in [3.63, 3.8) is 0 Å². The molecule has 0 aliphatic heterocycles. The van der Waals surface area contributed by atoms with E-state index in [1.54, 1.807) is 17.1 Å². The summed E-state index contributed by atoms with van der Waals surface area (Å²) in [5, 5.41) is 3.23. The van der Waals surface area contributed by atoms with Crippen LogP contribution in [-0.2, 0) is 17.6 Å². The van der Waals surface area contributed by atoms with E-state index in [1.165, 1.54) is 18.5 Å². The largest absolute Gasteiger partial charge is 0.340 e. The number of halogens is 1. The lowest BCUT2D eigenvalue weighted by Gasteiger charge is -2.08. The number of Topliss-reactive ketones (excluding diaryl/α,β-unsaturated/α-hetero) is 1. The second-order valence-electron chi connectivity index (χ2n) is 7.08. The Hall–Kier alpha value is -3.87. The van der Waals surface area contributed by atoms with Crippen LogP contribution in [0.4, 0.5) is 15.9 Å². The first-order valence-electron chi connectivity index (χ1n) is 9.49. The molecule has 2 heterocycles. The van der Waals surface area contributed by atoms with Crippen LogP contribution >= 0.6 is 0 Å². The maximum Gasteiger partial charge on any atom is 0.143 e. The highest BCUT2D eigenvalue weighted by Crippen LogP contribution is 2.18. The number of aryl methyl sites for hydroxylation is 1. The van der Waals surface area contributed by atoms with Crippen molar-refractivity contribution in [3.05, 3.63) is 96.1 Å². The van der Waals surface area contributed by atoms with Crippen LogP contribution in [0, 0.1) is 12.7 Å². The van der Waals surface area contributed by atoms with Gasteiger partial charge in [-0.05, 0) is 47.9 Å². The van der Waals surface area contributed by atoms with E-state index in [2.05, 4.69) is 20.3 Å². The molecule has 4 rings (SSSR count). The monoisotopic (exact) mass is 401 g/mol. The maximum atomic E-state index is 13.5. The fourth-order valence-corrected chi connectivity index (χ4v) is 3.24. The normalized spacial score (nSPS) is 10.7. The minimum Gasteiger partial charge on any atom is -0.340 e. The van der Waals surface area contributed by atoms with E-state index in [4.69, 9.17) is 0 Å². The van der Waals surface area contributed by atoms with E-state index < -0.39 is 0 Å². The molecule has 0 saturated carbocycles. The highest BCUT2D eigenvalue weighted by molar-refractivity contribution is 5.83. The van der Waals surface area contributed by atoms with Gasteiger partial charge >= 0.3 is 0 Å². The van der Waals surface area contributed by atoms with Crippen LogP contribution < -0.4 is 5.32 Å². The topological polar surface area (TPSA) is 72.7 Å². The van der Waals surface area contributed by atoms with Gasteiger partial charge in [-0.3, -0.25) is 9.36 Å². The smallest absolute Gasteiger partial charge is 0.143 e. The number of benzene rings is 2. The summed E-state index contributed by atoms with van der Waals surface area (Å²) in [5.74, 6) is 1.09. The van der Waals surface area contributed by atoms with Crippen molar-refractivity contribution in [3.8, 4) is 5.82 Å². The summed E-state index contributed by atoms with van der Waals surface area (Å²) in [6.07, 6.45) is 7.17. The lowest BCUT2D eigenvalue weighted by Crippen LogP contribution is -2.07. The van der Waals surface area contributed by atoms with Crippen molar-refractivity contribution in [2.75, 3.05) is 5.32 Å². The minimum atomic E-state index is -0.311. The zero-order valence-electron chi connectivity index (χ0n) is 16.4. The number of anilines is 2. The second-order valence-corrected chi connectivity index (χ2v) is 7.08. The first-order chi connectivity index (χ1) is 14.5. The second kappa shape index (κ2) is 8.65. The van der Waals surface area contributed by atoms with Crippen molar-refractivity contribution in [2.45, 2.75) is 19.8 Å². The molecule has 6 nitrogen and oxygen atoms in total. The third-order valence-corrected chi connectivity index (χ3v) is 4.55. The summed E-state index contributed by atoms with van der Waals surface area (Å²) < 4.78 is 15.3. The molecule has 4 aromatic rings. The van der Waals surface area contributed by atoms with Gasteiger partial charge in [0.2, 0.25) is 0 Å². The van der Waals surface area contributed by atoms with Gasteiger partial charge in [-0.25, -0.2) is 19.3 Å². The molecule has 0 aliphatic carbocycles. The zero-order valence-corrected chi connectivity index (χ0v) is 16.4. The lowest BCUT2D eigenvalue weighted by atomic mass is 10.0. The molecule has 0 amide bonds. The molecule has 30 heavy (non-hydrogen) atoms. The number of imidazole rings is 1. The van der Waals surface area contributed by atoms with Gasteiger partial charge in [-0.15, -0.1) is 0 Å². The molecule has 7 heteroatoms. The van der Waals surface area contributed by atoms with Gasteiger partial charge in [-0.2, -0.15) is 0 Å². The Balaban J connectivity index is 1.38. The number of carbonyl (C=O) groups excluding carboxylic acids is 1. The number of ketones is 1. The molecule has 0 bridgehead atoms. The predicted molar refractivity (Wildman–Crippen MR) is 112 cm³/mol. The van der Waals surface area contributed by atoms with E-state index in [-0.39, 0.29) is 18.0 Å². The minimum absolute atomic E-state index is 0.0430. The zero-order chi connectivity index (χ0) is 20.9. The molecule has 0 spiro atoms. The van der Waals surface area contributed by atoms with E-state index in [0.29, 0.717) is 23.6 Å². The average Bonchev–Trinajstić information content (AvgIpc) is 3.24. The average molecular weight is 401 g/mol. The molecule has 150 valence electrons. The van der Waals surface area contributed by atoms with Crippen LogP contribution in [0.1, 0.15) is 16.7 Å². The molecular weight excluding hydrogens is 381 g/mol. The number of carbonyl (C=O) groups is 1. The molecule has 0 radical (unpaired) electrons. The Morgan fingerprint density at radius 1 is 1.03 bits per heavy atom. The third kappa shape index (κ3) is 4.94. The molecule has 0 aliphatic rings. The molecular formula is C23H20FN5O. The number of nitrogens with zero attached hydrogens (tertiary/aromatic N) is 4. The van der Waals surface area contributed by atoms with E-state index in [0.717, 1.165) is 16.8 Å². The summed E-state index contributed by atoms with van der Waals surface area (Å²) in [6.45, 7) is 1.82. The van der Waals surface area contributed by atoms with E-state index in [9.17, 15) is 9.18 Å². The Morgan fingerprint density at radius 3 is 2.57 bits per heavy atom. The first-order valence-corrected chi connectivity index (χ1v) is 9.49. The van der Waals surface area contributed by atoms with Gasteiger partial charge in [0.05, 0.1) is 0 Å². The third-order valence-electron chi connectivity index (χ3n) is 4.55. The Bertz CT molecular complexity index is 1140. The van der Waals surface area contributed by atoms with Crippen LogP contribution in [0.2, 0.25) is 0 Å². The van der Waals surface area contributed by atoms with E-state index in [1.807, 2.05) is 49.5 Å². The summed E-state index contributed by atoms with van der Waals surface area (Å²) >= 11 is 0. The van der Waals surface area contributed by atoms with Crippen LogP contribution in [0.25, 0.3) is 5.82 Å². The quantitative estimate of drug-likeness (QED) is 0.502. The summed E-state index contributed by atoms with van der Waals surface area (Å²) in [7, 11) is 0. The van der Waals surface area contributed by atoms with Gasteiger partial charge < -0.3 is 5.32 Å². The van der Waals surface area contributed by atoms with E-state index >= 15 is 0 Å². The van der Waals surface area contributed by atoms with Crippen molar-refractivity contribution in [1.82, 2.24) is 19.5 Å². The number of hydrogen-bond donors (Lipinski definition) is 1. The maximum absolute atomic E-state index is 13.5. The van der Waals surface area contributed by atoms with Crippen molar-refractivity contribution in [2.24, 2.45) is 0 Å². The molecule has 0 saturated heterocycles. The Morgan fingerprint density at radius 2 is 1.83 bits per heavy atom. The molecule has 0 unspecified atom stereocenters. The number of rotatable bonds is 7. The van der Waals surface area contributed by atoms with Gasteiger partial charge in [0, 0.05) is 37.0 Å². The predicted octanol–water partition coefficient (Wildman–Crippen LogP) is 4.21. The summed E-state index contributed by atoms with van der Waals surface area (Å²) in [4.78, 5) is 24.8. The molecule has 2 aromatic carbocycles. The molecule has 1 N–H and O–H groups in total. The van der Waals surface area contributed by atoms with Gasteiger partial charge in [0.15, 0.2) is 0 Å². The number of hydrogen-bond acceptors (Lipinski definition) is 5. The highest BCUT2D eigenvalue weighted by atomic mass is 19.1.